The topological polar surface area (TPSA) is 95.9 Å². The summed E-state index contributed by atoms with van der Waals surface area (Å²) in [6.07, 6.45) is 69.3. The zero-order valence-electron chi connectivity index (χ0n) is 46.1. The minimum Gasteiger partial charge on any atom is -0.466 e. The van der Waals surface area contributed by atoms with Crippen LogP contribution >= 0.6 is 0 Å². The fraction of sp³-hybridized carbons (Fsp3) is 0.935. The van der Waals surface area contributed by atoms with Gasteiger partial charge in [0.05, 0.1) is 25.4 Å². The lowest BCUT2D eigenvalue weighted by atomic mass is 10.0. The maximum absolute atomic E-state index is 12.5. The molecule has 1 amide bonds. The molecular weight excluding hydrogens is 839 g/mol. The number of aliphatic hydroxyl groups excluding tert-OH is 2. The SMILES string of the molecule is CCCCCCCCCCCCCCCCCCCC(O)C(CO)NC(=O)CCCCCCC/C=C\CCCCCCCCCCCOC(=O)CCCCCCCCCCCCCCCCCC. The summed E-state index contributed by atoms with van der Waals surface area (Å²) < 4.78 is 5.49. The molecule has 2 atom stereocenters. The predicted octanol–water partition coefficient (Wildman–Crippen LogP) is 19.2. The molecule has 0 spiro atoms. The van der Waals surface area contributed by atoms with Crippen LogP contribution in [0.15, 0.2) is 12.2 Å². The van der Waals surface area contributed by atoms with Crippen LogP contribution in [0.1, 0.15) is 348 Å². The van der Waals surface area contributed by atoms with Crippen molar-refractivity contribution >= 4 is 11.9 Å². The Morgan fingerprint density at radius 2 is 0.691 bits per heavy atom. The highest BCUT2D eigenvalue weighted by atomic mass is 16.5. The number of amides is 1. The maximum atomic E-state index is 12.5. The number of aliphatic hydroxyl groups is 2. The zero-order chi connectivity index (χ0) is 49.3. The molecule has 0 bridgehead atoms. The van der Waals surface area contributed by atoms with E-state index in [1.807, 2.05) is 0 Å². The van der Waals surface area contributed by atoms with Gasteiger partial charge in [-0.3, -0.25) is 9.59 Å². The number of hydrogen-bond donors (Lipinski definition) is 3. The molecule has 0 aromatic rings. The highest BCUT2D eigenvalue weighted by molar-refractivity contribution is 5.76. The van der Waals surface area contributed by atoms with Gasteiger partial charge in [0.1, 0.15) is 0 Å². The third-order valence-electron chi connectivity index (χ3n) is 14.6. The lowest BCUT2D eigenvalue weighted by Crippen LogP contribution is -2.45. The van der Waals surface area contributed by atoms with Gasteiger partial charge in [0, 0.05) is 12.8 Å². The third-order valence-corrected chi connectivity index (χ3v) is 14.6. The van der Waals surface area contributed by atoms with Crippen molar-refractivity contribution in [3.05, 3.63) is 12.2 Å². The highest BCUT2D eigenvalue weighted by Crippen LogP contribution is 2.18. The van der Waals surface area contributed by atoms with E-state index in [1.165, 1.54) is 263 Å². The van der Waals surface area contributed by atoms with Gasteiger partial charge in [-0.25, -0.2) is 0 Å². The second-order valence-corrected chi connectivity index (χ2v) is 21.4. The first-order valence-electron chi connectivity index (χ1n) is 30.9. The number of esters is 1. The highest BCUT2D eigenvalue weighted by Gasteiger charge is 2.20. The van der Waals surface area contributed by atoms with E-state index in [4.69, 9.17) is 4.74 Å². The standard InChI is InChI=1S/C62H121NO5/c1-3-5-7-9-11-13-15-17-19-23-26-30-34-38-42-46-50-54-60(65)59(58-64)63-61(66)55-51-47-43-39-35-31-27-24-21-22-25-29-33-37-41-45-49-53-57-68-62(67)56-52-48-44-40-36-32-28-20-18-16-14-12-10-8-6-4-2/h24,27,59-60,64-65H,3-23,25-26,28-58H2,1-2H3,(H,63,66)/b27-24-. The summed E-state index contributed by atoms with van der Waals surface area (Å²) in [5.74, 6) is -0.0390. The number of allylic oxidation sites excluding steroid dienone is 2. The van der Waals surface area contributed by atoms with E-state index in [2.05, 4.69) is 31.3 Å². The minimum atomic E-state index is -0.672. The fourth-order valence-corrected chi connectivity index (χ4v) is 9.81. The second-order valence-electron chi connectivity index (χ2n) is 21.4. The summed E-state index contributed by atoms with van der Waals surface area (Å²) in [6.45, 7) is 4.97. The van der Waals surface area contributed by atoms with Crippen molar-refractivity contribution in [1.82, 2.24) is 5.32 Å². The molecule has 0 aromatic carbocycles. The molecule has 404 valence electrons. The Hall–Kier alpha value is -1.40. The first kappa shape index (κ1) is 66.6. The smallest absolute Gasteiger partial charge is 0.305 e. The Labute approximate surface area is 425 Å². The van der Waals surface area contributed by atoms with Crippen molar-refractivity contribution in [2.75, 3.05) is 13.2 Å². The molecule has 6 nitrogen and oxygen atoms in total. The van der Waals surface area contributed by atoms with Gasteiger partial charge in [-0.1, -0.05) is 296 Å². The summed E-state index contributed by atoms with van der Waals surface area (Å²) in [4.78, 5) is 24.6. The molecule has 0 aliphatic heterocycles. The Morgan fingerprint density at radius 3 is 1.04 bits per heavy atom. The minimum absolute atomic E-state index is 0.00726. The summed E-state index contributed by atoms with van der Waals surface area (Å²) in [5, 5.41) is 23.3. The van der Waals surface area contributed by atoms with Crippen molar-refractivity contribution in [3.8, 4) is 0 Å². The Morgan fingerprint density at radius 1 is 0.397 bits per heavy atom. The van der Waals surface area contributed by atoms with E-state index < -0.39 is 12.1 Å². The van der Waals surface area contributed by atoms with Crippen molar-refractivity contribution < 1.29 is 24.5 Å². The number of carbonyl (C=O) groups excluding carboxylic acids is 2. The van der Waals surface area contributed by atoms with Crippen LogP contribution < -0.4 is 5.32 Å². The third kappa shape index (κ3) is 53.9. The van der Waals surface area contributed by atoms with E-state index in [0.717, 1.165) is 51.4 Å². The maximum Gasteiger partial charge on any atom is 0.305 e. The Balaban J connectivity index is 3.43. The lowest BCUT2D eigenvalue weighted by Gasteiger charge is -2.22. The van der Waals surface area contributed by atoms with Gasteiger partial charge in [-0.2, -0.15) is 0 Å². The molecular formula is C62H121NO5. The van der Waals surface area contributed by atoms with E-state index >= 15 is 0 Å². The summed E-state index contributed by atoms with van der Waals surface area (Å²) in [5.41, 5.74) is 0. The second kappa shape index (κ2) is 58.2. The van der Waals surface area contributed by atoms with E-state index in [-0.39, 0.29) is 18.5 Å². The van der Waals surface area contributed by atoms with Gasteiger partial charge in [-0.15, -0.1) is 0 Å². The first-order valence-corrected chi connectivity index (χ1v) is 30.9. The number of rotatable bonds is 58. The Kier molecular flexibility index (Phi) is 57.0. The monoisotopic (exact) mass is 960 g/mol. The van der Waals surface area contributed by atoms with Gasteiger partial charge >= 0.3 is 5.97 Å². The van der Waals surface area contributed by atoms with E-state index in [0.29, 0.717) is 25.9 Å². The largest absolute Gasteiger partial charge is 0.466 e. The van der Waals surface area contributed by atoms with Crippen LogP contribution in [0.4, 0.5) is 0 Å². The molecule has 0 aromatic heterocycles. The molecule has 3 N–H and O–H groups in total. The predicted molar refractivity (Wildman–Crippen MR) is 297 cm³/mol. The zero-order valence-corrected chi connectivity index (χ0v) is 46.1. The normalized spacial score (nSPS) is 12.6. The van der Waals surface area contributed by atoms with Gasteiger partial charge in [-0.05, 0) is 51.4 Å². The number of carbonyl (C=O) groups is 2. The van der Waals surface area contributed by atoms with Crippen molar-refractivity contribution in [1.29, 1.82) is 0 Å². The van der Waals surface area contributed by atoms with E-state index in [9.17, 15) is 19.8 Å². The average Bonchev–Trinajstić information content (AvgIpc) is 3.34. The molecule has 0 aliphatic carbocycles. The average molecular weight is 961 g/mol. The molecule has 6 heteroatoms. The van der Waals surface area contributed by atoms with Crippen LogP contribution in [0.2, 0.25) is 0 Å². The fourth-order valence-electron chi connectivity index (χ4n) is 9.81. The quantitative estimate of drug-likeness (QED) is 0.0321. The molecule has 0 heterocycles. The van der Waals surface area contributed by atoms with E-state index in [1.54, 1.807) is 0 Å². The van der Waals surface area contributed by atoms with Gasteiger partial charge in [0.2, 0.25) is 5.91 Å². The number of unbranched alkanes of at least 4 members (excludes halogenated alkanes) is 45. The number of nitrogens with one attached hydrogen (secondary N) is 1. The van der Waals surface area contributed by atoms with Crippen LogP contribution in [-0.2, 0) is 14.3 Å². The van der Waals surface area contributed by atoms with Crippen molar-refractivity contribution in [2.45, 2.75) is 360 Å². The van der Waals surface area contributed by atoms with Crippen LogP contribution in [0, 0.1) is 0 Å². The van der Waals surface area contributed by atoms with Crippen molar-refractivity contribution in [3.63, 3.8) is 0 Å². The molecule has 68 heavy (non-hydrogen) atoms. The molecule has 0 saturated carbocycles. The summed E-state index contributed by atoms with van der Waals surface area (Å²) in [7, 11) is 0. The molecule has 0 rings (SSSR count). The molecule has 0 radical (unpaired) electrons. The van der Waals surface area contributed by atoms with Crippen LogP contribution in [0.5, 0.6) is 0 Å². The van der Waals surface area contributed by atoms with Gasteiger partial charge in [0.25, 0.3) is 0 Å². The number of hydrogen-bond acceptors (Lipinski definition) is 5. The summed E-state index contributed by atoms with van der Waals surface area (Å²) in [6, 6.07) is -0.551. The van der Waals surface area contributed by atoms with Crippen LogP contribution in [-0.4, -0.2) is 47.4 Å². The number of ether oxygens (including phenoxy) is 1. The molecule has 0 saturated heterocycles. The molecule has 0 fully saturated rings. The van der Waals surface area contributed by atoms with Crippen LogP contribution in [0.25, 0.3) is 0 Å². The molecule has 2 unspecified atom stereocenters. The first-order chi connectivity index (χ1) is 33.5. The van der Waals surface area contributed by atoms with Gasteiger partial charge in [0.15, 0.2) is 0 Å². The van der Waals surface area contributed by atoms with Crippen molar-refractivity contribution in [2.24, 2.45) is 0 Å². The van der Waals surface area contributed by atoms with Crippen LogP contribution in [0.3, 0.4) is 0 Å². The Bertz CT molecular complexity index is 1020. The van der Waals surface area contributed by atoms with Gasteiger partial charge < -0.3 is 20.3 Å². The molecule has 0 aliphatic rings. The summed E-state index contributed by atoms with van der Waals surface area (Å²) >= 11 is 0. The lowest BCUT2D eigenvalue weighted by molar-refractivity contribution is -0.143.